The van der Waals surface area contributed by atoms with Crippen molar-refractivity contribution in [2.24, 2.45) is 0 Å². The predicted octanol–water partition coefficient (Wildman–Crippen LogP) is 5.75. The fourth-order valence-electron chi connectivity index (χ4n) is 7.16. The fraction of sp³-hybridized carbons (Fsp3) is 0.585. The van der Waals surface area contributed by atoms with E-state index in [-0.39, 0.29) is 28.0 Å². The fourth-order valence-corrected chi connectivity index (χ4v) is 9.85. The van der Waals surface area contributed by atoms with Gasteiger partial charge >= 0.3 is 17.0 Å². The lowest BCUT2D eigenvalue weighted by molar-refractivity contribution is -0.192. The smallest absolute Gasteiger partial charge is 0.490 e. The molecule has 20 heteroatoms. The van der Waals surface area contributed by atoms with E-state index in [0.29, 0.717) is 82.6 Å². The predicted molar refractivity (Wildman–Crippen MR) is 230 cm³/mol. The highest BCUT2D eigenvalue weighted by Gasteiger charge is 2.41. The van der Waals surface area contributed by atoms with Crippen molar-refractivity contribution >= 4 is 62.0 Å². The minimum Gasteiger partial charge on any atom is -0.506 e. The van der Waals surface area contributed by atoms with Gasteiger partial charge < -0.3 is 44.7 Å². The summed E-state index contributed by atoms with van der Waals surface area (Å²) in [6.07, 6.45) is -0.288. The number of morpholine rings is 1. The van der Waals surface area contributed by atoms with Gasteiger partial charge in [-0.25, -0.2) is 9.78 Å². The van der Waals surface area contributed by atoms with Gasteiger partial charge in [-0.1, -0.05) is 31.3 Å². The average molecular weight is 913 g/mol. The van der Waals surface area contributed by atoms with Crippen LogP contribution in [-0.2, 0) is 38.3 Å². The summed E-state index contributed by atoms with van der Waals surface area (Å²) in [5.74, 6) is -2.22. The minimum atomic E-state index is -5.08. The number of halogens is 3. The van der Waals surface area contributed by atoms with Crippen LogP contribution in [0.25, 0.3) is 10.2 Å². The number of carbonyl (C=O) groups excluding carboxylic acids is 2. The number of thiophene rings is 1. The molecule has 6 rings (SSSR count). The van der Waals surface area contributed by atoms with Gasteiger partial charge in [0.1, 0.15) is 17.0 Å². The first kappa shape index (κ1) is 48.1. The second kappa shape index (κ2) is 22.4. The third-order valence-corrected chi connectivity index (χ3v) is 13.9. The SMILES string of the molecule is CCN(CCNCCc1ccc(O)c2[nH]c(=O)sc12)C(=O)CCOCCc1ccc(CCN2CCC3(CC2)CN(C(=O)c2csc(C(C)C)n2)CCO3)s1.O=C(O)C(F)(F)F. The van der Waals surface area contributed by atoms with Crippen molar-refractivity contribution in [3.8, 4) is 5.75 Å². The molecule has 2 amide bonds. The molecule has 5 heterocycles. The number of piperidine rings is 1. The number of phenolic OH excluding ortho intramolecular Hbond substituents is 1. The van der Waals surface area contributed by atoms with Crippen LogP contribution >= 0.6 is 34.0 Å². The summed E-state index contributed by atoms with van der Waals surface area (Å²) in [4.78, 5) is 62.8. The number of hydrogen-bond acceptors (Lipinski definition) is 13. The molecule has 4 aromatic rings. The van der Waals surface area contributed by atoms with E-state index in [1.807, 2.05) is 39.5 Å². The molecule has 3 aromatic heterocycles. The number of phenols is 1. The van der Waals surface area contributed by atoms with Crippen molar-refractivity contribution in [2.45, 2.75) is 77.0 Å². The zero-order valence-electron chi connectivity index (χ0n) is 34.7. The molecule has 0 bridgehead atoms. The Labute approximate surface area is 364 Å². The maximum Gasteiger partial charge on any atom is 0.490 e. The molecule has 1 spiro atoms. The molecule has 4 N–H and O–H groups in total. The van der Waals surface area contributed by atoms with E-state index in [9.17, 15) is 32.7 Å². The van der Waals surface area contributed by atoms with Crippen LogP contribution in [0.4, 0.5) is 13.2 Å². The molecule has 2 aliphatic heterocycles. The van der Waals surface area contributed by atoms with E-state index >= 15 is 0 Å². The number of aromatic nitrogens is 2. The summed E-state index contributed by atoms with van der Waals surface area (Å²) < 4.78 is 44.7. The van der Waals surface area contributed by atoms with Gasteiger partial charge in [-0.2, -0.15) is 13.2 Å². The largest absolute Gasteiger partial charge is 0.506 e. The first-order valence-electron chi connectivity index (χ1n) is 20.5. The Bertz CT molecular complexity index is 2110. The number of aromatic amines is 1. The lowest BCUT2D eigenvalue weighted by Gasteiger charge is -2.47. The topological polar surface area (TPSA) is 178 Å². The first-order valence-corrected chi connectivity index (χ1v) is 23.0. The lowest BCUT2D eigenvalue weighted by atomic mass is 9.89. The number of likely N-dealkylation sites (tertiary alicyclic amines) is 1. The molecule has 0 radical (unpaired) electrons. The van der Waals surface area contributed by atoms with Crippen molar-refractivity contribution in [3.63, 3.8) is 0 Å². The molecular formula is C41H55F3N6O8S3. The number of likely N-dealkylation sites (N-methyl/N-ethyl adjacent to an activating group) is 1. The van der Waals surface area contributed by atoms with E-state index in [1.54, 1.807) is 17.4 Å². The summed E-state index contributed by atoms with van der Waals surface area (Å²) >= 11 is 4.53. The van der Waals surface area contributed by atoms with Crippen LogP contribution in [0.5, 0.6) is 5.75 Å². The van der Waals surface area contributed by atoms with E-state index in [4.69, 9.17) is 19.4 Å². The second-order valence-electron chi connectivity index (χ2n) is 15.3. The number of carboxylic acid groups (broad SMARTS) is 1. The second-order valence-corrected chi connectivity index (χ2v) is 18.4. The minimum absolute atomic E-state index is 0.0282. The maximum atomic E-state index is 13.2. The summed E-state index contributed by atoms with van der Waals surface area (Å²) in [6, 6.07) is 7.90. The van der Waals surface area contributed by atoms with Crippen LogP contribution in [0.15, 0.2) is 34.4 Å². The monoisotopic (exact) mass is 912 g/mol. The van der Waals surface area contributed by atoms with E-state index in [1.165, 1.54) is 9.75 Å². The van der Waals surface area contributed by atoms with Crippen LogP contribution in [0.3, 0.4) is 0 Å². The number of carbonyl (C=O) groups is 3. The highest BCUT2D eigenvalue weighted by molar-refractivity contribution is 7.16. The Morgan fingerprint density at radius 3 is 2.44 bits per heavy atom. The van der Waals surface area contributed by atoms with Crippen molar-refractivity contribution in [1.29, 1.82) is 0 Å². The molecule has 1 aromatic carbocycles. The number of thiazole rings is 2. The highest BCUT2D eigenvalue weighted by Crippen LogP contribution is 2.32. The molecule has 14 nitrogen and oxygen atoms in total. The Hall–Kier alpha value is -3.92. The lowest BCUT2D eigenvalue weighted by Crippen LogP contribution is -2.58. The number of ether oxygens (including phenoxy) is 2. The maximum absolute atomic E-state index is 13.2. The molecule has 0 aliphatic carbocycles. The van der Waals surface area contributed by atoms with Gasteiger partial charge in [-0.15, -0.1) is 22.7 Å². The summed E-state index contributed by atoms with van der Waals surface area (Å²) in [5.41, 5.74) is 1.82. The average Bonchev–Trinajstić information content (AvgIpc) is 4.00. The molecule has 0 unspecified atom stereocenters. The third kappa shape index (κ3) is 14.0. The number of nitrogens with one attached hydrogen (secondary N) is 2. The summed E-state index contributed by atoms with van der Waals surface area (Å²) in [5, 5.41) is 23.4. The van der Waals surface area contributed by atoms with E-state index < -0.39 is 12.1 Å². The molecule has 61 heavy (non-hydrogen) atoms. The Kier molecular flexibility index (Phi) is 17.7. The number of benzene rings is 1. The number of rotatable bonds is 18. The van der Waals surface area contributed by atoms with Gasteiger partial charge in [0.15, 0.2) is 0 Å². The van der Waals surface area contributed by atoms with Gasteiger partial charge in [-0.05, 0) is 62.9 Å². The van der Waals surface area contributed by atoms with Crippen LogP contribution in [0, 0.1) is 0 Å². The Morgan fingerprint density at radius 1 is 1.05 bits per heavy atom. The van der Waals surface area contributed by atoms with Crippen LogP contribution in [0.1, 0.15) is 76.8 Å². The first-order chi connectivity index (χ1) is 29.1. The Morgan fingerprint density at radius 2 is 1.77 bits per heavy atom. The summed E-state index contributed by atoms with van der Waals surface area (Å²) in [7, 11) is 0. The van der Waals surface area contributed by atoms with Gasteiger partial charge in [0, 0.05) is 73.3 Å². The highest BCUT2D eigenvalue weighted by atomic mass is 32.1. The molecule has 2 aliphatic rings. The molecule has 2 saturated heterocycles. The van der Waals surface area contributed by atoms with Gasteiger partial charge in [0.2, 0.25) is 5.91 Å². The van der Waals surface area contributed by atoms with Gasteiger partial charge in [0.25, 0.3) is 5.91 Å². The van der Waals surface area contributed by atoms with Crippen LogP contribution < -0.4 is 10.2 Å². The van der Waals surface area contributed by atoms with Crippen molar-refractivity contribution in [2.75, 3.05) is 78.7 Å². The number of carboxylic acids is 1. The molecule has 336 valence electrons. The Balaban J connectivity index is 0.000000925. The number of amides is 2. The van der Waals surface area contributed by atoms with E-state index in [0.717, 1.165) is 78.3 Å². The number of alkyl halides is 3. The van der Waals surface area contributed by atoms with Crippen molar-refractivity contribution in [1.82, 2.24) is 30.0 Å². The number of hydrogen-bond donors (Lipinski definition) is 4. The number of H-pyrrole nitrogens is 1. The molecular weight excluding hydrogens is 858 g/mol. The molecule has 0 saturated carbocycles. The van der Waals surface area contributed by atoms with E-state index in [2.05, 4.69) is 46.2 Å². The summed E-state index contributed by atoms with van der Waals surface area (Å²) in [6.45, 7) is 14.6. The zero-order valence-corrected chi connectivity index (χ0v) is 37.1. The van der Waals surface area contributed by atoms with Gasteiger partial charge in [-0.3, -0.25) is 14.4 Å². The number of aromatic hydroxyl groups is 1. The van der Waals surface area contributed by atoms with Gasteiger partial charge in [0.05, 0.1) is 48.1 Å². The third-order valence-electron chi connectivity index (χ3n) is 10.6. The van der Waals surface area contributed by atoms with Crippen molar-refractivity contribution in [3.05, 3.63) is 65.3 Å². The molecule has 2 fully saturated rings. The normalized spacial score (nSPS) is 15.6. The number of aliphatic carboxylic acids is 1. The van der Waals surface area contributed by atoms with Crippen LogP contribution in [-0.4, -0.2) is 143 Å². The quantitative estimate of drug-likeness (QED) is 0.0895. The number of fused-ring (bicyclic) bond motifs is 1. The standard InChI is InChI=1S/C39H54N6O6S3.C2HF3O2/c1-4-44(20-16-40-15-9-28-5-8-32(46)34-35(28)54-38(49)42-34)33(47)12-23-50-22-11-30-7-6-29(53-30)10-17-43-18-13-39(14-19-43)26-45(21-24-51-39)37(48)31-25-52-36(41-31)27(2)3;3-2(4,5)1(6)7/h5-8,25,27,40,46H,4,9-24,26H2,1-3H3,(H,42,49);(H,6,7). The van der Waals surface area contributed by atoms with Crippen molar-refractivity contribution < 1.29 is 47.2 Å². The van der Waals surface area contributed by atoms with Crippen LogP contribution in [0.2, 0.25) is 0 Å². The molecule has 0 atom stereocenters. The number of nitrogens with zero attached hydrogens (tertiary/aromatic N) is 4. The zero-order chi connectivity index (χ0) is 44.2.